The summed E-state index contributed by atoms with van der Waals surface area (Å²) < 4.78 is 8.38. The molecule has 2 aromatic carbocycles. The number of aromatic nitrogens is 2. The van der Waals surface area contributed by atoms with E-state index in [1.165, 1.54) is 0 Å². The first-order chi connectivity index (χ1) is 16.0. The van der Waals surface area contributed by atoms with Crippen molar-refractivity contribution in [2.45, 2.75) is 25.8 Å². The predicted molar refractivity (Wildman–Crippen MR) is 135 cm³/mol. The number of hydrogen-bond donors (Lipinski definition) is 4. The number of ether oxygens (including phenoxy) is 1. The highest BCUT2D eigenvalue weighted by Gasteiger charge is 2.31. The van der Waals surface area contributed by atoms with Gasteiger partial charge in [0.25, 0.3) is 0 Å². The molecule has 1 aromatic heterocycles. The first-order valence-electron chi connectivity index (χ1n) is 11.0. The van der Waals surface area contributed by atoms with Gasteiger partial charge in [0, 0.05) is 35.4 Å². The molecule has 33 heavy (non-hydrogen) atoms. The number of rotatable bonds is 9. The van der Waals surface area contributed by atoms with Gasteiger partial charge in [-0.05, 0) is 56.2 Å². The largest absolute Gasteiger partial charge is 0.383 e. The van der Waals surface area contributed by atoms with Gasteiger partial charge in [0.1, 0.15) is 11.9 Å². The number of benzene rings is 2. The Kier molecular flexibility index (Phi) is 7.14. The van der Waals surface area contributed by atoms with E-state index < -0.39 is 6.04 Å². The first kappa shape index (κ1) is 23.1. The maximum Gasteiger partial charge on any atom is 0.247 e. The molecule has 1 unspecified atom stereocenters. The summed E-state index contributed by atoms with van der Waals surface area (Å²) in [6, 6.07) is 11.4. The van der Waals surface area contributed by atoms with Gasteiger partial charge in [-0.1, -0.05) is 15.9 Å². The fourth-order valence-corrected chi connectivity index (χ4v) is 4.37. The Morgan fingerprint density at radius 2 is 2.15 bits per heavy atom. The number of amides is 1. The van der Waals surface area contributed by atoms with Crippen LogP contribution in [0.1, 0.15) is 25.8 Å². The third-order valence-electron chi connectivity index (χ3n) is 5.49. The number of carbonyl (C=O) groups excluding carboxylic acids is 1. The Bertz CT molecular complexity index is 1190. The summed E-state index contributed by atoms with van der Waals surface area (Å²) in [5.41, 5.74) is 15.2. The van der Waals surface area contributed by atoms with Crippen molar-refractivity contribution in [3.63, 3.8) is 0 Å². The third kappa shape index (κ3) is 5.12. The highest BCUT2D eigenvalue weighted by Crippen LogP contribution is 2.39. The van der Waals surface area contributed by atoms with Gasteiger partial charge in [-0.25, -0.2) is 4.98 Å². The first-order valence-corrected chi connectivity index (χ1v) is 11.8. The molecule has 0 aliphatic carbocycles. The van der Waals surface area contributed by atoms with E-state index in [2.05, 4.69) is 31.6 Å². The number of halogens is 1. The van der Waals surface area contributed by atoms with E-state index in [4.69, 9.17) is 21.2 Å². The molecule has 0 saturated heterocycles. The maximum atomic E-state index is 13.3. The Balaban J connectivity index is 1.75. The van der Waals surface area contributed by atoms with Gasteiger partial charge < -0.3 is 31.4 Å². The summed E-state index contributed by atoms with van der Waals surface area (Å²) >= 11 is 3.53. The number of guanidine groups is 1. The summed E-state index contributed by atoms with van der Waals surface area (Å²) in [7, 11) is 0. The van der Waals surface area contributed by atoms with Crippen LogP contribution in [0.15, 0.2) is 45.9 Å². The monoisotopic (exact) mass is 513 g/mol. The molecule has 1 amide bonds. The molecule has 0 fully saturated rings. The Morgan fingerprint density at radius 3 is 2.94 bits per heavy atom. The number of aliphatic imine (C=N–C) groups is 1. The fraction of sp³-hybridized carbons (Fsp3) is 0.348. The van der Waals surface area contributed by atoms with Crippen LogP contribution >= 0.6 is 15.9 Å². The second-order valence-electron chi connectivity index (χ2n) is 7.78. The van der Waals surface area contributed by atoms with Crippen LogP contribution in [-0.4, -0.2) is 47.7 Å². The lowest BCUT2D eigenvalue weighted by Gasteiger charge is -2.18. The standard InChI is InChI=1S/C23H28BrN7O2/c1-2-33-11-10-27-15-6-7-17-16(13-15)21-29-18-12-14(24)5-8-19(18)31(21)20(22(32)30-17)4-3-9-28-23(25)26/h5-8,12-13,20,27H,2-4,9-11H2,1H3,(H,30,32)(H4,25,26,28). The van der Waals surface area contributed by atoms with Crippen molar-refractivity contribution in [1.29, 1.82) is 0 Å². The summed E-state index contributed by atoms with van der Waals surface area (Å²) in [6.45, 7) is 4.43. The third-order valence-corrected chi connectivity index (χ3v) is 5.99. The second-order valence-corrected chi connectivity index (χ2v) is 8.69. The van der Waals surface area contributed by atoms with E-state index in [9.17, 15) is 4.79 Å². The van der Waals surface area contributed by atoms with Crippen molar-refractivity contribution in [2.24, 2.45) is 16.5 Å². The summed E-state index contributed by atoms with van der Waals surface area (Å²) in [5, 5.41) is 6.47. The molecule has 174 valence electrons. The van der Waals surface area contributed by atoms with Crippen LogP contribution in [0.5, 0.6) is 0 Å². The molecule has 9 nitrogen and oxygen atoms in total. The lowest BCUT2D eigenvalue weighted by molar-refractivity contribution is -0.119. The lowest BCUT2D eigenvalue weighted by Crippen LogP contribution is -2.25. The number of carbonyl (C=O) groups is 1. The number of nitrogens with two attached hydrogens (primary N) is 2. The molecule has 6 N–H and O–H groups in total. The van der Waals surface area contributed by atoms with Crippen LogP contribution in [0.25, 0.3) is 22.4 Å². The zero-order chi connectivity index (χ0) is 23.4. The molecule has 3 aromatic rings. The molecule has 1 aliphatic rings. The van der Waals surface area contributed by atoms with Crippen LogP contribution < -0.4 is 22.1 Å². The van der Waals surface area contributed by atoms with Gasteiger partial charge in [0.2, 0.25) is 5.91 Å². The van der Waals surface area contributed by atoms with Gasteiger partial charge in [0.15, 0.2) is 5.96 Å². The highest BCUT2D eigenvalue weighted by atomic mass is 79.9. The van der Waals surface area contributed by atoms with Crippen molar-refractivity contribution in [1.82, 2.24) is 9.55 Å². The van der Waals surface area contributed by atoms with E-state index in [-0.39, 0.29) is 11.9 Å². The summed E-state index contributed by atoms with van der Waals surface area (Å²) in [5.74, 6) is 0.714. The van der Waals surface area contributed by atoms with Crippen molar-refractivity contribution in [3.05, 3.63) is 40.9 Å². The minimum atomic E-state index is -0.442. The Morgan fingerprint density at radius 1 is 1.30 bits per heavy atom. The summed E-state index contributed by atoms with van der Waals surface area (Å²) in [4.78, 5) is 22.3. The quantitative estimate of drug-likeness (QED) is 0.196. The molecule has 0 bridgehead atoms. The average Bonchev–Trinajstić information content (AvgIpc) is 3.10. The predicted octanol–water partition coefficient (Wildman–Crippen LogP) is 3.46. The number of nitrogens with zero attached hydrogens (tertiary/aromatic N) is 3. The minimum Gasteiger partial charge on any atom is -0.383 e. The molecule has 0 spiro atoms. The van der Waals surface area contributed by atoms with Crippen LogP contribution in [0.4, 0.5) is 11.4 Å². The lowest BCUT2D eigenvalue weighted by atomic mass is 10.1. The van der Waals surface area contributed by atoms with Crippen molar-refractivity contribution < 1.29 is 9.53 Å². The number of anilines is 2. The second kappa shape index (κ2) is 10.2. The molecule has 0 radical (unpaired) electrons. The molecular formula is C23H28BrN7O2. The number of fused-ring (bicyclic) bond motifs is 5. The normalized spacial score (nSPS) is 14.8. The van der Waals surface area contributed by atoms with Crippen molar-refractivity contribution in [3.8, 4) is 11.4 Å². The van der Waals surface area contributed by atoms with Crippen LogP contribution in [0.2, 0.25) is 0 Å². The Hall–Kier alpha value is -3.11. The summed E-state index contributed by atoms with van der Waals surface area (Å²) in [6.07, 6.45) is 1.23. The zero-order valence-electron chi connectivity index (χ0n) is 18.5. The van der Waals surface area contributed by atoms with Crippen LogP contribution in [0.3, 0.4) is 0 Å². The van der Waals surface area contributed by atoms with Crippen molar-refractivity contribution >= 4 is 50.2 Å². The molecule has 1 aliphatic heterocycles. The highest BCUT2D eigenvalue weighted by molar-refractivity contribution is 9.10. The topological polar surface area (TPSA) is 133 Å². The number of nitrogens with one attached hydrogen (secondary N) is 2. The van der Waals surface area contributed by atoms with Gasteiger partial charge >= 0.3 is 0 Å². The van der Waals surface area contributed by atoms with E-state index in [0.29, 0.717) is 39.1 Å². The molecule has 10 heteroatoms. The molecule has 1 atom stereocenters. The van der Waals surface area contributed by atoms with Gasteiger partial charge in [-0.15, -0.1) is 0 Å². The minimum absolute atomic E-state index is 0.0516. The van der Waals surface area contributed by atoms with E-state index in [0.717, 1.165) is 38.3 Å². The Labute approximate surface area is 200 Å². The van der Waals surface area contributed by atoms with E-state index >= 15 is 0 Å². The molecule has 4 rings (SSSR count). The van der Waals surface area contributed by atoms with Gasteiger partial charge in [-0.2, -0.15) is 0 Å². The molecule has 0 saturated carbocycles. The fourth-order valence-electron chi connectivity index (χ4n) is 4.02. The van der Waals surface area contributed by atoms with Crippen LogP contribution in [0, 0.1) is 0 Å². The molecular weight excluding hydrogens is 486 g/mol. The maximum absolute atomic E-state index is 13.3. The van der Waals surface area contributed by atoms with Gasteiger partial charge in [0.05, 0.1) is 23.3 Å². The zero-order valence-corrected chi connectivity index (χ0v) is 20.1. The number of imidazole rings is 1. The van der Waals surface area contributed by atoms with Crippen molar-refractivity contribution in [2.75, 3.05) is 36.9 Å². The smallest absolute Gasteiger partial charge is 0.247 e. The van der Waals surface area contributed by atoms with E-state index in [1.807, 2.05) is 47.9 Å². The van der Waals surface area contributed by atoms with Crippen LogP contribution in [-0.2, 0) is 9.53 Å². The van der Waals surface area contributed by atoms with E-state index in [1.54, 1.807) is 0 Å². The average molecular weight is 514 g/mol. The van der Waals surface area contributed by atoms with Gasteiger partial charge in [-0.3, -0.25) is 9.79 Å². The number of hydrogen-bond acceptors (Lipinski definition) is 5. The molecule has 2 heterocycles. The SMILES string of the molecule is CCOCCNc1ccc2c(c1)-c1nc3cc(Br)ccc3n1C(CCCN=C(N)N)C(=O)N2.